The van der Waals surface area contributed by atoms with E-state index >= 15 is 0 Å². The van der Waals surface area contributed by atoms with Crippen LogP contribution in [0.4, 0.5) is 5.69 Å². The van der Waals surface area contributed by atoms with Crippen molar-refractivity contribution < 1.29 is 9.72 Å². The van der Waals surface area contributed by atoms with E-state index in [4.69, 9.17) is 0 Å². The number of para-hydroxylation sites is 1. The van der Waals surface area contributed by atoms with E-state index in [1.807, 2.05) is 31.2 Å². The van der Waals surface area contributed by atoms with Gasteiger partial charge in [0.25, 0.3) is 5.69 Å². The number of carbonyl (C=O) groups is 1. The number of nitrogens with zero attached hydrogens (tertiary/aromatic N) is 3. The molecule has 1 aromatic heterocycles. The third kappa shape index (κ3) is 4.03. The van der Waals surface area contributed by atoms with E-state index in [0.29, 0.717) is 0 Å². The third-order valence-electron chi connectivity index (χ3n) is 4.05. The molecular weight excluding hydrogens is 370 g/mol. The molecule has 0 aliphatic carbocycles. The fourth-order valence-corrected chi connectivity index (χ4v) is 4.25. The first-order valence-electron chi connectivity index (χ1n) is 7.94. The standard InChI is InChI=1S/C18H17N3O3S2/c1-12(18-19-15-5-3-4-6-16(15)26-18)20(2)17(22)11-25-14-9-7-13(8-10-14)21(23)24/h3-10,12H,11H2,1-2H3. The summed E-state index contributed by atoms with van der Waals surface area (Å²) in [5.41, 5.74) is 0.989. The minimum Gasteiger partial charge on any atom is -0.336 e. The summed E-state index contributed by atoms with van der Waals surface area (Å²) in [6.45, 7) is 1.96. The van der Waals surface area contributed by atoms with Gasteiger partial charge in [0, 0.05) is 24.1 Å². The lowest BCUT2D eigenvalue weighted by molar-refractivity contribution is -0.384. The number of hydrogen-bond acceptors (Lipinski definition) is 6. The van der Waals surface area contributed by atoms with Gasteiger partial charge < -0.3 is 4.90 Å². The Labute approximate surface area is 159 Å². The van der Waals surface area contributed by atoms with Crippen molar-refractivity contribution in [3.63, 3.8) is 0 Å². The second kappa shape index (κ2) is 7.84. The molecule has 0 fully saturated rings. The number of carbonyl (C=O) groups excluding carboxylic acids is 1. The molecule has 0 aliphatic rings. The van der Waals surface area contributed by atoms with Gasteiger partial charge >= 0.3 is 0 Å². The van der Waals surface area contributed by atoms with Crippen LogP contribution in [0.5, 0.6) is 0 Å². The number of nitro benzene ring substituents is 1. The van der Waals surface area contributed by atoms with Crippen LogP contribution in [0.25, 0.3) is 10.2 Å². The number of non-ortho nitro benzene ring substituents is 1. The predicted octanol–water partition coefficient (Wildman–Crippen LogP) is 4.52. The Bertz CT molecular complexity index is 907. The molecule has 8 heteroatoms. The van der Waals surface area contributed by atoms with Gasteiger partial charge in [0.1, 0.15) is 5.01 Å². The second-order valence-electron chi connectivity index (χ2n) is 5.74. The van der Waals surface area contributed by atoms with Crippen LogP contribution in [0, 0.1) is 10.1 Å². The smallest absolute Gasteiger partial charge is 0.269 e. The van der Waals surface area contributed by atoms with Gasteiger partial charge in [-0.25, -0.2) is 4.98 Å². The van der Waals surface area contributed by atoms with Crippen LogP contribution < -0.4 is 0 Å². The molecule has 1 atom stereocenters. The lowest BCUT2D eigenvalue weighted by Crippen LogP contribution is -2.31. The summed E-state index contributed by atoms with van der Waals surface area (Å²) in [6, 6.07) is 14.0. The van der Waals surface area contributed by atoms with Crippen LogP contribution in [-0.4, -0.2) is 33.5 Å². The summed E-state index contributed by atoms with van der Waals surface area (Å²) in [4.78, 5) is 29.9. The number of rotatable bonds is 6. The van der Waals surface area contributed by atoms with Crippen molar-refractivity contribution in [2.75, 3.05) is 12.8 Å². The van der Waals surface area contributed by atoms with Crippen molar-refractivity contribution in [2.24, 2.45) is 0 Å². The number of thiazole rings is 1. The number of nitro groups is 1. The maximum Gasteiger partial charge on any atom is 0.269 e. The van der Waals surface area contributed by atoms with Gasteiger partial charge in [0.05, 0.1) is 26.9 Å². The Morgan fingerprint density at radius 1 is 1.27 bits per heavy atom. The number of fused-ring (bicyclic) bond motifs is 1. The molecule has 0 saturated heterocycles. The van der Waals surface area contributed by atoms with Crippen molar-refractivity contribution in [1.82, 2.24) is 9.88 Å². The molecule has 26 heavy (non-hydrogen) atoms. The largest absolute Gasteiger partial charge is 0.336 e. The Balaban J connectivity index is 1.62. The fourth-order valence-electron chi connectivity index (χ4n) is 2.36. The number of amides is 1. The van der Waals surface area contributed by atoms with Crippen molar-refractivity contribution in [3.05, 3.63) is 63.7 Å². The zero-order valence-corrected chi connectivity index (χ0v) is 15.9. The van der Waals surface area contributed by atoms with E-state index in [1.54, 1.807) is 35.4 Å². The Morgan fingerprint density at radius 2 is 1.96 bits per heavy atom. The quantitative estimate of drug-likeness (QED) is 0.353. The van der Waals surface area contributed by atoms with Crippen LogP contribution in [0.3, 0.4) is 0 Å². The van der Waals surface area contributed by atoms with Gasteiger partial charge in [0.2, 0.25) is 5.91 Å². The molecule has 2 aromatic carbocycles. The van der Waals surface area contributed by atoms with E-state index in [-0.39, 0.29) is 23.4 Å². The zero-order valence-electron chi connectivity index (χ0n) is 14.3. The first-order chi connectivity index (χ1) is 12.5. The number of aromatic nitrogens is 1. The average Bonchev–Trinajstić information content (AvgIpc) is 3.09. The Hall–Kier alpha value is -2.45. The lowest BCUT2D eigenvalue weighted by atomic mass is 10.3. The Morgan fingerprint density at radius 3 is 2.62 bits per heavy atom. The van der Waals surface area contributed by atoms with Gasteiger partial charge in [-0.3, -0.25) is 14.9 Å². The van der Waals surface area contributed by atoms with E-state index in [9.17, 15) is 14.9 Å². The van der Waals surface area contributed by atoms with Crippen LogP contribution in [-0.2, 0) is 4.79 Å². The average molecular weight is 387 g/mol. The molecule has 1 unspecified atom stereocenters. The number of thioether (sulfide) groups is 1. The lowest BCUT2D eigenvalue weighted by Gasteiger charge is -2.23. The molecule has 0 radical (unpaired) electrons. The van der Waals surface area contributed by atoms with Crippen LogP contribution in [0.2, 0.25) is 0 Å². The summed E-state index contributed by atoms with van der Waals surface area (Å²) in [5.74, 6) is 0.254. The highest BCUT2D eigenvalue weighted by molar-refractivity contribution is 8.00. The topological polar surface area (TPSA) is 76.3 Å². The fraction of sp³-hybridized carbons (Fsp3) is 0.222. The van der Waals surface area contributed by atoms with Gasteiger partial charge in [0.15, 0.2) is 0 Å². The summed E-state index contributed by atoms with van der Waals surface area (Å²) in [7, 11) is 1.77. The number of benzene rings is 2. The molecule has 6 nitrogen and oxygen atoms in total. The SMILES string of the molecule is CC(c1nc2ccccc2s1)N(C)C(=O)CSc1ccc([N+](=O)[O-])cc1. The summed E-state index contributed by atoms with van der Waals surface area (Å²) in [6.07, 6.45) is 0. The van der Waals surface area contributed by atoms with E-state index < -0.39 is 4.92 Å². The molecule has 134 valence electrons. The van der Waals surface area contributed by atoms with Gasteiger partial charge in [-0.2, -0.15) is 0 Å². The second-order valence-corrected chi connectivity index (χ2v) is 7.85. The molecule has 1 amide bonds. The summed E-state index contributed by atoms with van der Waals surface area (Å²) >= 11 is 2.96. The molecule has 3 aromatic rings. The van der Waals surface area contributed by atoms with E-state index in [0.717, 1.165) is 20.1 Å². The van der Waals surface area contributed by atoms with Gasteiger partial charge in [-0.15, -0.1) is 23.1 Å². The Kier molecular flexibility index (Phi) is 5.53. The predicted molar refractivity (Wildman–Crippen MR) is 105 cm³/mol. The molecular formula is C18H17N3O3S2. The van der Waals surface area contributed by atoms with Crippen molar-refractivity contribution in [3.8, 4) is 0 Å². The summed E-state index contributed by atoms with van der Waals surface area (Å²) < 4.78 is 1.11. The first-order valence-corrected chi connectivity index (χ1v) is 9.74. The minimum absolute atomic E-state index is 0.0138. The third-order valence-corrected chi connectivity index (χ3v) is 6.26. The van der Waals surface area contributed by atoms with Gasteiger partial charge in [-0.1, -0.05) is 12.1 Å². The van der Waals surface area contributed by atoms with Gasteiger partial charge in [-0.05, 0) is 31.2 Å². The molecule has 1 heterocycles. The van der Waals surface area contributed by atoms with Crippen molar-refractivity contribution >= 4 is 44.9 Å². The van der Waals surface area contributed by atoms with E-state index in [2.05, 4.69) is 4.98 Å². The van der Waals surface area contributed by atoms with Crippen LogP contribution >= 0.6 is 23.1 Å². The molecule has 0 bridgehead atoms. The molecule has 0 N–H and O–H groups in total. The molecule has 3 rings (SSSR count). The van der Waals surface area contributed by atoms with Crippen molar-refractivity contribution in [1.29, 1.82) is 0 Å². The zero-order chi connectivity index (χ0) is 18.7. The van der Waals surface area contributed by atoms with Crippen molar-refractivity contribution in [2.45, 2.75) is 17.9 Å². The van der Waals surface area contributed by atoms with Crippen LogP contribution in [0.1, 0.15) is 18.0 Å². The normalized spacial score (nSPS) is 12.1. The maximum atomic E-state index is 12.5. The maximum absolute atomic E-state index is 12.5. The molecule has 0 saturated carbocycles. The highest BCUT2D eigenvalue weighted by atomic mass is 32.2. The summed E-state index contributed by atoms with van der Waals surface area (Å²) in [5, 5.41) is 11.6. The van der Waals surface area contributed by atoms with Crippen LogP contribution in [0.15, 0.2) is 53.4 Å². The first kappa shape index (κ1) is 18.3. The number of hydrogen-bond donors (Lipinski definition) is 0. The molecule has 0 spiro atoms. The highest BCUT2D eigenvalue weighted by Crippen LogP contribution is 2.29. The monoisotopic (exact) mass is 387 g/mol. The minimum atomic E-state index is -0.437. The van der Waals surface area contributed by atoms with E-state index in [1.165, 1.54) is 23.9 Å². The molecule has 0 aliphatic heterocycles. The highest BCUT2D eigenvalue weighted by Gasteiger charge is 2.20.